The second-order valence-corrected chi connectivity index (χ2v) is 8.10. The van der Waals surface area contributed by atoms with Crippen LogP contribution in [0, 0.1) is 0 Å². The lowest BCUT2D eigenvalue weighted by Gasteiger charge is -2.35. The van der Waals surface area contributed by atoms with Gasteiger partial charge >= 0.3 is 0 Å². The molecule has 0 aromatic heterocycles. The molecule has 1 N–H and O–H groups in total. The number of morpholine rings is 1. The third-order valence-corrected chi connectivity index (χ3v) is 5.46. The van der Waals surface area contributed by atoms with Gasteiger partial charge in [-0.05, 0) is 44.4 Å². The van der Waals surface area contributed by atoms with Gasteiger partial charge in [0.2, 0.25) is 5.91 Å². The smallest absolute Gasteiger partial charge is 0.251 e. The van der Waals surface area contributed by atoms with Crippen LogP contribution >= 0.6 is 0 Å². The number of nitrogens with one attached hydrogen (secondary N) is 1. The van der Waals surface area contributed by atoms with Crippen molar-refractivity contribution in [2.45, 2.75) is 58.3 Å². The van der Waals surface area contributed by atoms with Gasteiger partial charge in [-0.25, -0.2) is 0 Å². The van der Waals surface area contributed by atoms with E-state index in [1.54, 1.807) is 0 Å². The molecule has 6 heteroatoms. The van der Waals surface area contributed by atoms with Crippen LogP contribution in [0.15, 0.2) is 24.3 Å². The number of rotatable bonds is 6. The fourth-order valence-corrected chi connectivity index (χ4v) is 4.11. The van der Waals surface area contributed by atoms with E-state index in [1.807, 2.05) is 29.2 Å². The molecule has 0 unspecified atom stereocenters. The van der Waals surface area contributed by atoms with Crippen molar-refractivity contribution in [2.24, 2.45) is 0 Å². The molecule has 1 aromatic rings. The highest BCUT2D eigenvalue weighted by Gasteiger charge is 2.22. The first kappa shape index (κ1) is 20.8. The van der Waals surface area contributed by atoms with Gasteiger partial charge < -0.3 is 15.0 Å². The van der Waals surface area contributed by atoms with Gasteiger partial charge in [-0.1, -0.05) is 18.6 Å². The quantitative estimate of drug-likeness (QED) is 0.814. The Morgan fingerprint density at radius 3 is 2.54 bits per heavy atom. The minimum absolute atomic E-state index is 0.0811. The zero-order chi connectivity index (χ0) is 19.9. The van der Waals surface area contributed by atoms with Gasteiger partial charge in [-0.3, -0.25) is 14.5 Å². The first-order chi connectivity index (χ1) is 13.5. The maximum Gasteiger partial charge on any atom is 0.251 e. The van der Waals surface area contributed by atoms with Gasteiger partial charge in [0.05, 0.1) is 12.2 Å². The summed E-state index contributed by atoms with van der Waals surface area (Å²) in [4.78, 5) is 28.7. The van der Waals surface area contributed by atoms with Crippen LogP contribution < -0.4 is 5.32 Å². The Hall–Kier alpha value is -1.92. The SMILES string of the molecule is C[C@H]1CN(Cc2ccc(C(=O)NCCN3CCCCCC3=O)cc2)C[C@H](C)O1. The van der Waals surface area contributed by atoms with Crippen LogP contribution in [0.3, 0.4) is 0 Å². The fourth-order valence-electron chi connectivity index (χ4n) is 4.11. The van der Waals surface area contributed by atoms with E-state index in [0.29, 0.717) is 25.1 Å². The highest BCUT2D eigenvalue weighted by molar-refractivity contribution is 5.94. The van der Waals surface area contributed by atoms with Crippen LogP contribution in [-0.2, 0) is 16.1 Å². The molecule has 0 spiro atoms. The summed E-state index contributed by atoms with van der Waals surface area (Å²) in [6, 6.07) is 7.82. The Balaban J connectivity index is 1.45. The Labute approximate surface area is 168 Å². The maximum atomic E-state index is 12.4. The molecule has 2 amide bonds. The minimum atomic E-state index is -0.0811. The first-order valence-corrected chi connectivity index (χ1v) is 10.5. The number of carbonyl (C=O) groups is 2. The molecule has 6 nitrogen and oxygen atoms in total. The van der Waals surface area contributed by atoms with Crippen LogP contribution in [0.1, 0.15) is 55.5 Å². The Bertz CT molecular complexity index is 651. The van der Waals surface area contributed by atoms with Crippen LogP contribution in [-0.4, -0.2) is 66.5 Å². The van der Waals surface area contributed by atoms with Crippen molar-refractivity contribution < 1.29 is 14.3 Å². The van der Waals surface area contributed by atoms with Crippen molar-refractivity contribution in [2.75, 3.05) is 32.7 Å². The van der Waals surface area contributed by atoms with Crippen molar-refractivity contribution in [3.8, 4) is 0 Å². The summed E-state index contributed by atoms with van der Waals surface area (Å²) >= 11 is 0. The number of likely N-dealkylation sites (tertiary alicyclic amines) is 1. The molecule has 2 aliphatic rings. The number of hydrogen-bond acceptors (Lipinski definition) is 4. The van der Waals surface area contributed by atoms with Gasteiger partial charge in [0.15, 0.2) is 0 Å². The average Bonchev–Trinajstić information content (AvgIpc) is 2.86. The van der Waals surface area contributed by atoms with Gasteiger partial charge in [0, 0.05) is 51.3 Å². The maximum absolute atomic E-state index is 12.4. The third-order valence-electron chi connectivity index (χ3n) is 5.46. The van der Waals surface area contributed by atoms with Crippen LogP contribution in [0.2, 0.25) is 0 Å². The largest absolute Gasteiger partial charge is 0.373 e. The fraction of sp³-hybridized carbons (Fsp3) is 0.636. The number of ether oxygens (including phenoxy) is 1. The summed E-state index contributed by atoms with van der Waals surface area (Å²) < 4.78 is 5.78. The van der Waals surface area contributed by atoms with Crippen LogP contribution in [0.5, 0.6) is 0 Å². The average molecular weight is 388 g/mol. The summed E-state index contributed by atoms with van der Waals surface area (Å²) in [5.41, 5.74) is 1.86. The van der Waals surface area contributed by atoms with E-state index in [9.17, 15) is 9.59 Å². The Kier molecular flexibility index (Phi) is 7.45. The molecule has 3 rings (SSSR count). The molecule has 2 atom stereocenters. The molecule has 2 saturated heterocycles. The van der Waals surface area contributed by atoms with E-state index in [-0.39, 0.29) is 24.0 Å². The number of hydrogen-bond donors (Lipinski definition) is 1. The van der Waals surface area contributed by atoms with E-state index < -0.39 is 0 Å². The molecule has 2 aliphatic heterocycles. The lowest BCUT2D eigenvalue weighted by atomic mass is 10.1. The zero-order valence-electron chi connectivity index (χ0n) is 17.2. The summed E-state index contributed by atoms with van der Waals surface area (Å²) in [6.45, 7) is 8.85. The number of benzene rings is 1. The second kappa shape index (κ2) is 10.0. The van der Waals surface area contributed by atoms with E-state index in [1.165, 1.54) is 5.56 Å². The molecule has 0 radical (unpaired) electrons. The molecule has 2 fully saturated rings. The lowest BCUT2D eigenvalue weighted by Crippen LogP contribution is -2.44. The van der Waals surface area contributed by atoms with E-state index >= 15 is 0 Å². The van der Waals surface area contributed by atoms with Gasteiger partial charge in [0.25, 0.3) is 5.91 Å². The Morgan fingerprint density at radius 2 is 1.82 bits per heavy atom. The monoisotopic (exact) mass is 387 g/mol. The second-order valence-electron chi connectivity index (χ2n) is 8.10. The van der Waals surface area contributed by atoms with Gasteiger partial charge in [-0.15, -0.1) is 0 Å². The predicted molar refractivity (Wildman–Crippen MR) is 109 cm³/mol. The number of amides is 2. The number of carbonyl (C=O) groups excluding carboxylic acids is 2. The minimum Gasteiger partial charge on any atom is -0.373 e. The molecule has 154 valence electrons. The van der Waals surface area contributed by atoms with E-state index in [4.69, 9.17) is 4.74 Å². The molecule has 0 aliphatic carbocycles. The van der Waals surface area contributed by atoms with Crippen molar-refractivity contribution in [3.05, 3.63) is 35.4 Å². The molecular formula is C22H33N3O3. The third kappa shape index (κ3) is 6.04. The van der Waals surface area contributed by atoms with Gasteiger partial charge in [-0.2, -0.15) is 0 Å². The molecule has 28 heavy (non-hydrogen) atoms. The molecule has 0 bridgehead atoms. The molecule has 1 aromatic carbocycles. The summed E-state index contributed by atoms with van der Waals surface area (Å²) in [5, 5.41) is 2.94. The van der Waals surface area contributed by atoms with Crippen molar-refractivity contribution in [3.63, 3.8) is 0 Å². The van der Waals surface area contributed by atoms with E-state index in [2.05, 4.69) is 24.1 Å². The van der Waals surface area contributed by atoms with Crippen molar-refractivity contribution in [1.29, 1.82) is 0 Å². The lowest BCUT2D eigenvalue weighted by molar-refractivity contribution is -0.130. The van der Waals surface area contributed by atoms with Crippen LogP contribution in [0.4, 0.5) is 0 Å². The highest BCUT2D eigenvalue weighted by Crippen LogP contribution is 2.15. The van der Waals surface area contributed by atoms with Crippen molar-refractivity contribution >= 4 is 11.8 Å². The topological polar surface area (TPSA) is 61.9 Å². The van der Waals surface area contributed by atoms with Crippen LogP contribution in [0.25, 0.3) is 0 Å². The van der Waals surface area contributed by atoms with E-state index in [0.717, 1.165) is 45.4 Å². The molecule has 2 heterocycles. The van der Waals surface area contributed by atoms with Crippen molar-refractivity contribution in [1.82, 2.24) is 15.1 Å². The first-order valence-electron chi connectivity index (χ1n) is 10.5. The normalized spacial score (nSPS) is 24.1. The standard InChI is InChI=1S/C22H33N3O3/c1-17-14-24(15-18(2)28-17)16-19-7-9-20(10-8-19)22(27)23-11-13-25-12-5-3-4-6-21(25)26/h7-10,17-18H,3-6,11-16H2,1-2H3,(H,23,27)/t17-,18-/m0/s1. The zero-order valence-corrected chi connectivity index (χ0v) is 17.2. The molecule has 0 saturated carbocycles. The highest BCUT2D eigenvalue weighted by atomic mass is 16.5. The summed E-state index contributed by atoms with van der Waals surface area (Å²) in [7, 11) is 0. The summed E-state index contributed by atoms with van der Waals surface area (Å²) in [5.74, 6) is 0.130. The molecular weight excluding hydrogens is 354 g/mol. The predicted octanol–water partition coefficient (Wildman–Crippen LogP) is 2.43. The summed E-state index contributed by atoms with van der Waals surface area (Å²) in [6.07, 6.45) is 4.30. The van der Waals surface area contributed by atoms with Gasteiger partial charge in [0.1, 0.15) is 0 Å². The number of nitrogens with zero attached hydrogens (tertiary/aromatic N) is 2. The Morgan fingerprint density at radius 1 is 1.11 bits per heavy atom.